The van der Waals surface area contributed by atoms with Crippen molar-refractivity contribution in [3.63, 3.8) is 0 Å². The van der Waals surface area contributed by atoms with Gasteiger partial charge in [-0.05, 0) is 0 Å². The van der Waals surface area contributed by atoms with E-state index in [9.17, 15) is 21.6 Å². The summed E-state index contributed by atoms with van der Waals surface area (Å²) in [5.74, 6) is -1.89. The fourth-order valence-corrected chi connectivity index (χ4v) is 2.28. The number of hydrogen-bond donors (Lipinski definition) is 0. The fourth-order valence-electron chi connectivity index (χ4n) is 1.04. The first-order chi connectivity index (χ1) is 7.27. The molecule has 0 saturated heterocycles. The first kappa shape index (κ1) is 13.0. The molecule has 4 nitrogen and oxygen atoms in total. The normalized spacial score (nSPS) is 11.9. The lowest BCUT2D eigenvalue weighted by Crippen LogP contribution is -2.06. The molecule has 1 aromatic heterocycles. The number of ether oxygens (including phenoxy) is 1. The Bertz CT molecular complexity index is 506. The van der Waals surface area contributed by atoms with Crippen LogP contribution >= 0.6 is 10.7 Å². The molecule has 1 aromatic rings. The number of aromatic nitrogens is 1. The third-order valence-corrected chi connectivity index (χ3v) is 2.97. The molecular formula is C7H5ClF3NO3S. The van der Waals surface area contributed by atoms with Crippen molar-refractivity contribution >= 4 is 19.7 Å². The summed E-state index contributed by atoms with van der Waals surface area (Å²) in [5, 5.41) is 0. The highest BCUT2D eigenvalue weighted by Crippen LogP contribution is 2.34. The third-order valence-electron chi connectivity index (χ3n) is 1.60. The summed E-state index contributed by atoms with van der Waals surface area (Å²) in [4.78, 5) is 1.77. The number of hydrogen-bond acceptors (Lipinski definition) is 4. The molecule has 1 heterocycles. The topological polar surface area (TPSA) is 56.3 Å². The van der Waals surface area contributed by atoms with E-state index in [-0.39, 0.29) is 0 Å². The van der Waals surface area contributed by atoms with Crippen molar-refractivity contribution in [2.24, 2.45) is 0 Å². The standard InChI is InChI=1S/C7H5ClF3NO3S/c1-15-3-2-4(9)12-5(7(10)11)6(3)16(8,13)14/h2,7H,1H3. The Labute approximate surface area is 93.4 Å². The smallest absolute Gasteiger partial charge is 0.281 e. The van der Waals surface area contributed by atoms with Crippen LogP contribution in [0.25, 0.3) is 0 Å². The van der Waals surface area contributed by atoms with Gasteiger partial charge in [-0.2, -0.15) is 4.39 Å². The minimum absolute atomic E-state index is 0.557. The molecule has 0 aliphatic carbocycles. The van der Waals surface area contributed by atoms with Crippen molar-refractivity contribution in [2.45, 2.75) is 11.3 Å². The zero-order chi connectivity index (χ0) is 12.5. The lowest BCUT2D eigenvalue weighted by atomic mass is 10.3. The van der Waals surface area contributed by atoms with Crippen LogP contribution < -0.4 is 4.74 Å². The van der Waals surface area contributed by atoms with Crippen molar-refractivity contribution in [3.8, 4) is 5.75 Å². The molecule has 0 N–H and O–H groups in total. The molecule has 0 spiro atoms. The van der Waals surface area contributed by atoms with E-state index in [4.69, 9.17) is 10.7 Å². The molecule has 0 fully saturated rings. The van der Waals surface area contributed by atoms with Crippen LogP contribution in [-0.4, -0.2) is 20.5 Å². The maximum Gasteiger partial charge on any atom is 0.281 e. The van der Waals surface area contributed by atoms with Crippen molar-refractivity contribution in [1.82, 2.24) is 4.98 Å². The van der Waals surface area contributed by atoms with E-state index in [1.165, 1.54) is 0 Å². The molecule has 0 radical (unpaired) electrons. The summed E-state index contributed by atoms with van der Waals surface area (Å²) >= 11 is 0. The van der Waals surface area contributed by atoms with E-state index < -0.39 is 37.8 Å². The van der Waals surface area contributed by atoms with Crippen LogP contribution in [0.15, 0.2) is 11.0 Å². The molecule has 0 bridgehead atoms. The van der Waals surface area contributed by atoms with Gasteiger partial charge in [-0.25, -0.2) is 22.2 Å². The van der Waals surface area contributed by atoms with Crippen LogP contribution in [0.3, 0.4) is 0 Å². The monoisotopic (exact) mass is 275 g/mol. The van der Waals surface area contributed by atoms with E-state index in [2.05, 4.69) is 9.72 Å². The second kappa shape index (κ2) is 4.46. The van der Waals surface area contributed by atoms with E-state index in [0.29, 0.717) is 6.07 Å². The third kappa shape index (κ3) is 2.56. The summed E-state index contributed by atoms with van der Waals surface area (Å²) in [5.41, 5.74) is -1.27. The first-order valence-electron chi connectivity index (χ1n) is 3.74. The van der Waals surface area contributed by atoms with Gasteiger partial charge < -0.3 is 4.74 Å². The van der Waals surface area contributed by atoms with Gasteiger partial charge in [-0.15, -0.1) is 0 Å². The highest BCUT2D eigenvalue weighted by molar-refractivity contribution is 8.13. The van der Waals surface area contributed by atoms with Gasteiger partial charge in [-0.1, -0.05) is 0 Å². The summed E-state index contributed by atoms with van der Waals surface area (Å²) < 4.78 is 64.2. The molecule has 0 amide bonds. The van der Waals surface area contributed by atoms with Crippen LogP contribution in [0.2, 0.25) is 0 Å². The van der Waals surface area contributed by atoms with Gasteiger partial charge in [-0.3, -0.25) is 0 Å². The molecule has 0 aliphatic heterocycles. The van der Waals surface area contributed by atoms with Crippen LogP contribution in [0.4, 0.5) is 13.2 Å². The van der Waals surface area contributed by atoms with E-state index in [1.807, 2.05) is 0 Å². The van der Waals surface area contributed by atoms with E-state index in [0.717, 1.165) is 7.11 Å². The first-order valence-corrected chi connectivity index (χ1v) is 6.05. The molecule has 9 heteroatoms. The van der Waals surface area contributed by atoms with Gasteiger partial charge in [0.2, 0.25) is 5.95 Å². The predicted octanol–water partition coefficient (Wildman–Crippen LogP) is 2.09. The largest absolute Gasteiger partial charge is 0.495 e. The number of halogens is 4. The highest BCUT2D eigenvalue weighted by atomic mass is 35.7. The van der Waals surface area contributed by atoms with Crippen molar-refractivity contribution in [3.05, 3.63) is 17.7 Å². The highest BCUT2D eigenvalue weighted by Gasteiger charge is 2.29. The minimum Gasteiger partial charge on any atom is -0.495 e. The molecule has 1 rings (SSSR count). The molecular weight excluding hydrogens is 271 g/mol. The molecule has 16 heavy (non-hydrogen) atoms. The second-order valence-corrected chi connectivity index (χ2v) is 5.10. The lowest BCUT2D eigenvalue weighted by molar-refractivity contribution is 0.140. The zero-order valence-corrected chi connectivity index (χ0v) is 9.32. The molecule has 0 aromatic carbocycles. The van der Waals surface area contributed by atoms with Crippen LogP contribution in [0, 0.1) is 5.95 Å². The Morgan fingerprint density at radius 1 is 1.50 bits per heavy atom. The SMILES string of the molecule is COc1cc(F)nc(C(F)F)c1S(=O)(=O)Cl. The van der Waals surface area contributed by atoms with Crippen molar-refractivity contribution in [1.29, 1.82) is 0 Å². The van der Waals surface area contributed by atoms with Gasteiger partial charge in [0.1, 0.15) is 11.4 Å². The predicted molar refractivity (Wildman–Crippen MR) is 48.7 cm³/mol. The Hall–Kier alpha value is -1.02. The molecule has 90 valence electrons. The molecule has 0 atom stereocenters. The van der Waals surface area contributed by atoms with E-state index >= 15 is 0 Å². The number of rotatable bonds is 3. The number of methoxy groups -OCH3 is 1. The summed E-state index contributed by atoms with van der Waals surface area (Å²) in [6, 6.07) is 0.557. The second-order valence-electron chi connectivity index (χ2n) is 2.60. The van der Waals surface area contributed by atoms with Gasteiger partial charge in [0.05, 0.1) is 7.11 Å². The molecule has 0 saturated carbocycles. The Morgan fingerprint density at radius 2 is 2.06 bits per heavy atom. The van der Waals surface area contributed by atoms with Crippen LogP contribution in [0.1, 0.15) is 12.1 Å². The Kier molecular flexibility index (Phi) is 3.64. The number of nitrogens with zero attached hydrogens (tertiary/aromatic N) is 1. The average molecular weight is 276 g/mol. The lowest BCUT2D eigenvalue weighted by Gasteiger charge is -2.09. The quantitative estimate of drug-likeness (QED) is 0.626. The van der Waals surface area contributed by atoms with Gasteiger partial charge in [0.25, 0.3) is 15.5 Å². The zero-order valence-electron chi connectivity index (χ0n) is 7.75. The summed E-state index contributed by atoms with van der Waals surface area (Å²) in [7, 11) is 1.44. The fraction of sp³-hybridized carbons (Fsp3) is 0.286. The maximum atomic E-state index is 12.8. The Morgan fingerprint density at radius 3 is 2.44 bits per heavy atom. The van der Waals surface area contributed by atoms with Gasteiger partial charge >= 0.3 is 0 Å². The summed E-state index contributed by atoms with van der Waals surface area (Å²) in [6.07, 6.45) is -3.28. The van der Waals surface area contributed by atoms with Crippen LogP contribution in [0.5, 0.6) is 5.75 Å². The average Bonchev–Trinajstić information content (AvgIpc) is 2.14. The molecule has 0 aliphatic rings. The van der Waals surface area contributed by atoms with Crippen molar-refractivity contribution < 1.29 is 26.3 Å². The molecule has 0 unspecified atom stereocenters. The summed E-state index contributed by atoms with van der Waals surface area (Å²) in [6.45, 7) is 0. The number of alkyl halides is 2. The van der Waals surface area contributed by atoms with Gasteiger partial charge in [0, 0.05) is 16.7 Å². The minimum atomic E-state index is -4.50. The van der Waals surface area contributed by atoms with Crippen molar-refractivity contribution in [2.75, 3.05) is 7.11 Å². The Balaban J connectivity index is 3.65. The number of pyridine rings is 1. The van der Waals surface area contributed by atoms with Gasteiger partial charge in [0.15, 0.2) is 4.90 Å². The van der Waals surface area contributed by atoms with E-state index in [1.54, 1.807) is 0 Å². The van der Waals surface area contributed by atoms with Crippen LogP contribution in [-0.2, 0) is 9.05 Å². The maximum absolute atomic E-state index is 12.8.